The lowest BCUT2D eigenvalue weighted by Crippen LogP contribution is -2.38. The topological polar surface area (TPSA) is 130 Å². The number of hydrogen-bond donors (Lipinski definition) is 4. The van der Waals surface area contributed by atoms with Gasteiger partial charge >= 0.3 is 5.97 Å². The molecular formula is C33H48O8S. The summed E-state index contributed by atoms with van der Waals surface area (Å²) in [6, 6.07) is 11.7. The van der Waals surface area contributed by atoms with Crippen molar-refractivity contribution >= 4 is 28.3 Å². The molecule has 3 aromatic rings. The van der Waals surface area contributed by atoms with E-state index in [4.69, 9.17) is 13.9 Å². The number of furan rings is 1. The predicted molar refractivity (Wildman–Crippen MR) is 166 cm³/mol. The van der Waals surface area contributed by atoms with Gasteiger partial charge in [0.2, 0.25) is 0 Å². The summed E-state index contributed by atoms with van der Waals surface area (Å²) in [4.78, 5) is 14.5. The third-order valence-electron chi connectivity index (χ3n) is 7.78. The van der Waals surface area contributed by atoms with Crippen molar-refractivity contribution in [3.8, 4) is 16.4 Å². The number of hydrogen-bond acceptors (Lipinski definition) is 9. The van der Waals surface area contributed by atoms with E-state index < -0.39 is 29.8 Å². The number of benzene rings is 1. The van der Waals surface area contributed by atoms with Crippen molar-refractivity contribution in [2.24, 2.45) is 5.41 Å². The number of unbranched alkanes of at least 4 members (excludes halogenated alkanes) is 3. The molecule has 2 aromatic heterocycles. The molecule has 8 nitrogen and oxygen atoms in total. The fourth-order valence-corrected chi connectivity index (χ4v) is 5.44. The van der Waals surface area contributed by atoms with Crippen LogP contribution in [0.25, 0.3) is 21.6 Å². The maximum atomic E-state index is 12.0. The van der Waals surface area contributed by atoms with Crippen LogP contribution in [-0.2, 0) is 16.0 Å². The Bertz CT molecular complexity index is 1230. The third-order valence-corrected chi connectivity index (χ3v) is 8.94. The number of thiophene rings is 1. The minimum absolute atomic E-state index is 0.139. The lowest BCUT2D eigenvalue weighted by atomic mass is 9.91. The Morgan fingerprint density at radius 1 is 0.929 bits per heavy atom. The van der Waals surface area contributed by atoms with Gasteiger partial charge in [-0.15, -0.1) is 11.3 Å². The predicted octanol–water partition coefficient (Wildman–Crippen LogP) is 6.26. The number of rotatable bonds is 19. The molecule has 4 N–H and O–H groups in total. The van der Waals surface area contributed by atoms with E-state index in [9.17, 15) is 25.2 Å². The maximum Gasteiger partial charge on any atom is 0.311 e. The van der Waals surface area contributed by atoms with E-state index in [0.29, 0.717) is 24.2 Å². The second kappa shape index (κ2) is 16.4. The molecule has 0 aliphatic rings. The first-order valence-electron chi connectivity index (χ1n) is 15.2. The standard InChI is InChI=1S/C33H48O8S/c1-5-7-8-9-11-24-15-16-31(42-24)30-18-22-13-14-23(19-29(22)41-30)40-21-28(37)27(36)20-26(35)25(34)12-10-17-39-32(38)33(3,4)6-2/h13-16,18-19,25-28,34-37H,5-12,17,20-21H2,1-4H3. The van der Waals surface area contributed by atoms with Gasteiger partial charge in [0, 0.05) is 22.8 Å². The molecule has 1 aromatic carbocycles. The van der Waals surface area contributed by atoms with E-state index in [0.717, 1.165) is 22.4 Å². The van der Waals surface area contributed by atoms with Gasteiger partial charge in [-0.1, -0.05) is 33.1 Å². The normalized spacial score (nSPS) is 15.0. The van der Waals surface area contributed by atoms with E-state index in [1.54, 1.807) is 23.5 Å². The molecule has 0 aliphatic carbocycles. The minimum atomic E-state index is -1.30. The van der Waals surface area contributed by atoms with Crippen LogP contribution < -0.4 is 4.74 Å². The molecule has 0 spiro atoms. The Kier molecular flexibility index (Phi) is 13.3. The second-order valence-corrected chi connectivity index (χ2v) is 12.9. The maximum absolute atomic E-state index is 12.0. The Morgan fingerprint density at radius 3 is 2.43 bits per heavy atom. The second-order valence-electron chi connectivity index (χ2n) is 11.7. The van der Waals surface area contributed by atoms with Crippen LogP contribution in [0.4, 0.5) is 0 Å². The third kappa shape index (κ3) is 10.1. The van der Waals surface area contributed by atoms with Crippen LogP contribution in [0.1, 0.15) is 83.9 Å². The summed E-state index contributed by atoms with van der Waals surface area (Å²) in [5.41, 5.74) is 0.104. The number of aliphatic hydroxyl groups is 4. The number of carbonyl (C=O) groups is 1. The molecule has 2 heterocycles. The van der Waals surface area contributed by atoms with Crippen LogP contribution in [0, 0.1) is 5.41 Å². The van der Waals surface area contributed by atoms with Crippen molar-refractivity contribution in [1.29, 1.82) is 0 Å². The summed E-state index contributed by atoms with van der Waals surface area (Å²) in [5, 5.41) is 42.3. The average molecular weight is 605 g/mol. The van der Waals surface area contributed by atoms with Gasteiger partial charge in [-0.25, -0.2) is 0 Å². The van der Waals surface area contributed by atoms with Crippen molar-refractivity contribution in [2.45, 2.75) is 110 Å². The zero-order valence-corrected chi connectivity index (χ0v) is 26.2. The largest absolute Gasteiger partial charge is 0.491 e. The molecule has 42 heavy (non-hydrogen) atoms. The highest BCUT2D eigenvalue weighted by Crippen LogP contribution is 2.34. The Hall–Kier alpha value is -2.43. The lowest BCUT2D eigenvalue weighted by Gasteiger charge is -2.24. The van der Waals surface area contributed by atoms with Crippen LogP contribution in [0.3, 0.4) is 0 Å². The van der Waals surface area contributed by atoms with E-state index >= 15 is 0 Å². The van der Waals surface area contributed by atoms with Gasteiger partial charge in [0.1, 0.15) is 29.8 Å². The van der Waals surface area contributed by atoms with Gasteiger partial charge in [0.05, 0.1) is 35.2 Å². The summed E-state index contributed by atoms with van der Waals surface area (Å²) < 4.78 is 17.0. The van der Waals surface area contributed by atoms with Gasteiger partial charge in [-0.2, -0.15) is 0 Å². The number of ether oxygens (including phenoxy) is 2. The van der Waals surface area contributed by atoms with Crippen LogP contribution in [-0.4, -0.2) is 64.0 Å². The summed E-state index contributed by atoms with van der Waals surface area (Å²) >= 11 is 1.75. The quantitative estimate of drug-likeness (QED) is 0.0933. The van der Waals surface area contributed by atoms with Crippen molar-refractivity contribution in [3.63, 3.8) is 0 Å². The molecule has 0 radical (unpaired) electrons. The SMILES string of the molecule is CCCCCCc1ccc(-c2cc3ccc(OCC(O)C(O)CC(O)C(O)CCCOC(=O)C(C)(C)CC)cc3o2)s1. The smallest absolute Gasteiger partial charge is 0.311 e. The van der Waals surface area contributed by atoms with Crippen molar-refractivity contribution in [2.75, 3.05) is 13.2 Å². The summed E-state index contributed by atoms with van der Waals surface area (Å²) in [6.45, 7) is 7.70. The van der Waals surface area contributed by atoms with Crippen molar-refractivity contribution in [3.05, 3.63) is 41.3 Å². The molecule has 0 bridgehead atoms. The molecule has 0 fully saturated rings. The van der Waals surface area contributed by atoms with E-state index in [1.165, 1.54) is 30.6 Å². The zero-order chi connectivity index (χ0) is 30.7. The lowest BCUT2D eigenvalue weighted by molar-refractivity contribution is -0.154. The fourth-order valence-electron chi connectivity index (χ4n) is 4.44. The van der Waals surface area contributed by atoms with E-state index in [1.807, 2.05) is 32.9 Å². The molecule has 0 saturated carbocycles. The molecule has 4 atom stereocenters. The zero-order valence-electron chi connectivity index (χ0n) is 25.4. The molecular weight excluding hydrogens is 556 g/mol. The van der Waals surface area contributed by atoms with Crippen molar-refractivity contribution < 1.29 is 39.1 Å². The summed E-state index contributed by atoms with van der Waals surface area (Å²) in [6.07, 6.45) is 2.09. The first-order valence-corrected chi connectivity index (χ1v) is 16.0. The van der Waals surface area contributed by atoms with Gasteiger partial charge < -0.3 is 34.3 Å². The first kappa shape index (κ1) is 34.1. The highest BCUT2D eigenvalue weighted by Gasteiger charge is 2.28. The number of fused-ring (bicyclic) bond motifs is 1. The van der Waals surface area contributed by atoms with Crippen LogP contribution in [0.15, 0.2) is 40.8 Å². The number of aryl methyl sites for hydroxylation is 1. The highest BCUT2D eigenvalue weighted by molar-refractivity contribution is 7.15. The molecule has 4 unspecified atom stereocenters. The number of esters is 1. The average Bonchev–Trinajstić information content (AvgIpc) is 3.62. The van der Waals surface area contributed by atoms with Gasteiger partial charge in [-0.3, -0.25) is 4.79 Å². The first-order chi connectivity index (χ1) is 20.0. The Morgan fingerprint density at radius 2 is 1.69 bits per heavy atom. The number of aliphatic hydroxyl groups excluding tert-OH is 4. The van der Waals surface area contributed by atoms with E-state index in [2.05, 4.69) is 19.1 Å². The minimum Gasteiger partial charge on any atom is -0.491 e. The highest BCUT2D eigenvalue weighted by atomic mass is 32.1. The molecule has 0 amide bonds. The van der Waals surface area contributed by atoms with E-state index in [-0.39, 0.29) is 32.0 Å². The Balaban J connectivity index is 1.43. The van der Waals surface area contributed by atoms with Gasteiger partial charge in [0.25, 0.3) is 0 Å². The van der Waals surface area contributed by atoms with Crippen LogP contribution in [0.5, 0.6) is 5.75 Å². The van der Waals surface area contributed by atoms with Crippen molar-refractivity contribution in [1.82, 2.24) is 0 Å². The van der Waals surface area contributed by atoms with Gasteiger partial charge in [-0.05, 0) is 76.3 Å². The van der Waals surface area contributed by atoms with Crippen LogP contribution >= 0.6 is 11.3 Å². The summed E-state index contributed by atoms with van der Waals surface area (Å²) in [7, 11) is 0. The molecule has 0 aliphatic heterocycles. The molecule has 9 heteroatoms. The fraction of sp³-hybridized carbons (Fsp3) is 0.606. The number of carbonyl (C=O) groups excluding carboxylic acids is 1. The molecule has 234 valence electrons. The summed E-state index contributed by atoms with van der Waals surface area (Å²) in [5.74, 6) is 0.992. The molecule has 3 rings (SSSR count). The Labute approximate surface area is 253 Å². The molecule has 0 saturated heterocycles. The van der Waals surface area contributed by atoms with Gasteiger partial charge in [0.15, 0.2) is 0 Å². The monoisotopic (exact) mass is 604 g/mol. The van der Waals surface area contributed by atoms with Crippen LogP contribution in [0.2, 0.25) is 0 Å².